The summed E-state index contributed by atoms with van der Waals surface area (Å²) in [5.41, 5.74) is 4.24. The van der Waals surface area contributed by atoms with Crippen LogP contribution in [0.3, 0.4) is 0 Å². The Labute approximate surface area is 183 Å². The van der Waals surface area contributed by atoms with Gasteiger partial charge in [0.2, 0.25) is 0 Å². The van der Waals surface area contributed by atoms with E-state index in [0.29, 0.717) is 6.54 Å². The average Bonchev–Trinajstić information content (AvgIpc) is 2.89. The van der Waals surface area contributed by atoms with Crippen LogP contribution in [-0.4, -0.2) is 60.1 Å². The van der Waals surface area contributed by atoms with E-state index >= 15 is 0 Å². The molecule has 0 aliphatic carbocycles. The number of nitrogens with zero attached hydrogens (tertiary/aromatic N) is 3. The van der Waals surface area contributed by atoms with Crippen LogP contribution in [0.2, 0.25) is 0 Å². The van der Waals surface area contributed by atoms with E-state index in [9.17, 15) is 9.50 Å². The fourth-order valence-electron chi connectivity index (χ4n) is 3.71. The molecule has 2 aromatic carbocycles. The average molecular weight is 438 g/mol. The molecule has 2 aromatic rings. The van der Waals surface area contributed by atoms with Gasteiger partial charge in [-0.05, 0) is 35.7 Å². The minimum Gasteiger partial charge on any atom is -0.395 e. The highest BCUT2D eigenvalue weighted by atomic mass is 35.5. The SMILES string of the molecule is Cl.Cl.OCCN1CCN(C2=Nc3ccccc3CC=C2c2ccc(F)cc2)CC1. The molecular formula is C22H26Cl2FN3O. The van der Waals surface area contributed by atoms with E-state index in [1.165, 1.54) is 17.7 Å². The minimum absolute atomic E-state index is 0. The normalized spacial score (nSPS) is 16.6. The van der Waals surface area contributed by atoms with Gasteiger partial charge in [-0.25, -0.2) is 9.38 Å². The van der Waals surface area contributed by atoms with E-state index in [4.69, 9.17) is 4.99 Å². The summed E-state index contributed by atoms with van der Waals surface area (Å²) in [7, 11) is 0. The summed E-state index contributed by atoms with van der Waals surface area (Å²) in [4.78, 5) is 9.60. The van der Waals surface area contributed by atoms with Gasteiger partial charge in [-0.2, -0.15) is 0 Å². The van der Waals surface area contributed by atoms with Crippen molar-refractivity contribution in [3.63, 3.8) is 0 Å². The maximum absolute atomic E-state index is 13.4. The number of hydrogen-bond acceptors (Lipinski definition) is 4. The number of piperazine rings is 1. The van der Waals surface area contributed by atoms with Gasteiger partial charge in [-0.15, -0.1) is 24.8 Å². The van der Waals surface area contributed by atoms with Crippen molar-refractivity contribution in [3.05, 3.63) is 71.6 Å². The Morgan fingerprint density at radius 2 is 1.62 bits per heavy atom. The summed E-state index contributed by atoms with van der Waals surface area (Å²) in [6, 6.07) is 14.9. The lowest BCUT2D eigenvalue weighted by atomic mass is 10.0. The summed E-state index contributed by atoms with van der Waals surface area (Å²) in [5, 5.41) is 9.17. The third-order valence-electron chi connectivity index (χ3n) is 5.23. The molecule has 0 spiro atoms. The highest BCUT2D eigenvalue weighted by Gasteiger charge is 2.24. The number of fused-ring (bicyclic) bond motifs is 1. The Bertz CT molecular complexity index is 863. The number of para-hydroxylation sites is 1. The quantitative estimate of drug-likeness (QED) is 0.789. The van der Waals surface area contributed by atoms with Gasteiger partial charge in [0.05, 0.1) is 12.3 Å². The molecule has 0 bridgehead atoms. The molecule has 4 rings (SSSR count). The zero-order valence-corrected chi connectivity index (χ0v) is 17.8. The van der Waals surface area contributed by atoms with Crippen LogP contribution in [0.15, 0.2) is 59.6 Å². The van der Waals surface area contributed by atoms with Crippen molar-refractivity contribution in [1.29, 1.82) is 0 Å². The molecule has 0 aromatic heterocycles. The number of amidine groups is 1. The van der Waals surface area contributed by atoms with Gasteiger partial charge >= 0.3 is 0 Å². The molecule has 0 radical (unpaired) electrons. The molecule has 0 amide bonds. The lowest BCUT2D eigenvalue weighted by Gasteiger charge is -2.36. The largest absolute Gasteiger partial charge is 0.395 e. The molecule has 2 aliphatic heterocycles. The first-order valence-corrected chi connectivity index (χ1v) is 9.46. The monoisotopic (exact) mass is 437 g/mol. The predicted molar refractivity (Wildman–Crippen MR) is 121 cm³/mol. The second kappa shape index (κ2) is 10.7. The zero-order valence-electron chi connectivity index (χ0n) is 16.1. The van der Waals surface area contributed by atoms with E-state index in [1.54, 1.807) is 0 Å². The van der Waals surface area contributed by atoms with Crippen molar-refractivity contribution >= 4 is 41.9 Å². The number of rotatable bonds is 3. The van der Waals surface area contributed by atoms with Crippen molar-refractivity contribution in [1.82, 2.24) is 9.80 Å². The van der Waals surface area contributed by atoms with Gasteiger partial charge < -0.3 is 10.0 Å². The smallest absolute Gasteiger partial charge is 0.136 e. The summed E-state index contributed by atoms with van der Waals surface area (Å²) in [6.07, 6.45) is 3.01. The van der Waals surface area contributed by atoms with Crippen LogP contribution in [0.25, 0.3) is 5.57 Å². The molecule has 0 unspecified atom stereocenters. The number of aliphatic imine (C=N–C) groups is 1. The lowest BCUT2D eigenvalue weighted by molar-refractivity contribution is 0.148. The summed E-state index contributed by atoms with van der Waals surface area (Å²) >= 11 is 0. The van der Waals surface area contributed by atoms with Crippen LogP contribution >= 0.6 is 24.8 Å². The highest BCUT2D eigenvalue weighted by Crippen LogP contribution is 2.30. The maximum atomic E-state index is 13.4. The predicted octanol–water partition coefficient (Wildman–Crippen LogP) is 3.95. The van der Waals surface area contributed by atoms with Gasteiger partial charge in [0, 0.05) is 38.3 Å². The molecule has 7 heteroatoms. The fraction of sp³-hybridized carbons (Fsp3) is 0.318. The molecule has 4 nitrogen and oxygen atoms in total. The zero-order chi connectivity index (χ0) is 18.6. The molecule has 1 saturated heterocycles. The van der Waals surface area contributed by atoms with E-state index in [1.807, 2.05) is 24.3 Å². The number of halogens is 3. The number of benzene rings is 2. The number of β-amino-alcohol motifs (C(OH)–C–C–N with tert-alkyl or cyclic N) is 1. The molecule has 29 heavy (non-hydrogen) atoms. The fourth-order valence-corrected chi connectivity index (χ4v) is 3.71. The number of aliphatic hydroxyl groups is 1. The van der Waals surface area contributed by atoms with Gasteiger partial charge in [-0.3, -0.25) is 4.90 Å². The standard InChI is InChI=1S/C22H24FN3O.2ClH/c23-19-8-5-17(6-9-19)20-10-7-18-3-1-2-4-21(18)24-22(20)26-13-11-25(12-14-26)15-16-27;;/h1-6,8-10,27H,7,11-16H2;2*1H. The Morgan fingerprint density at radius 1 is 0.931 bits per heavy atom. The number of hydrogen-bond donors (Lipinski definition) is 1. The summed E-state index contributed by atoms with van der Waals surface area (Å²) in [5.74, 6) is 0.725. The van der Waals surface area contributed by atoms with E-state index in [-0.39, 0.29) is 37.2 Å². The van der Waals surface area contributed by atoms with Crippen LogP contribution < -0.4 is 0 Å². The molecule has 1 N–H and O–H groups in total. The first kappa shape index (κ1) is 23.4. The highest BCUT2D eigenvalue weighted by molar-refractivity contribution is 6.23. The second-order valence-electron chi connectivity index (χ2n) is 6.95. The third kappa shape index (κ3) is 5.37. The van der Waals surface area contributed by atoms with Gasteiger partial charge in [-0.1, -0.05) is 36.4 Å². The number of aliphatic hydroxyl groups excluding tert-OH is 1. The third-order valence-corrected chi connectivity index (χ3v) is 5.23. The van der Waals surface area contributed by atoms with E-state index < -0.39 is 0 Å². The molecule has 1 fully saturated rings. The van der Waals surface area contributed by atoms with Crippen molar-refractivity contribution in [2.75, 3.05) is 39.3 Å². The van der Waals surface area contributed by atoms with Gasteiger partial charge in [0.25, 0.3) is 0 Å². The Balaban J connectivity index is 0.00000150. The summed E-state index contributed by atoms with van der Waals surface area (Å²) in [6.45, 7) is 4.42. The van der Waals surface area contributed by atoms with Crippen molar-refractivity contribution in [2.45, 2.75) is 6.42 Å². The molecule has 2 heterocycles. The molecule has 0 saturated carbocycles. The lowest BCUT2D eigenvalue weighted by Crippen LogP contribution is -2.49. The van der Waals surface area contributed by atoms with Gasteiger partial charge in [0.15, 0.2) is 0 Å². The van der Waals surface area contributed by atoms with Crippen molar-refractivity contribution in [3.8, 4) is 0 Å². The summed E-state index contributed by atoms with van der Waals surface area (Å²) < 4.78 is 13.4. The molecule has 156 valence electrons. The molecule has 0 atom stereocenters. The Morgan fingerprint density at radius 3 is 2.31 bits per heavy atom. The molecule has 2 aliphatic rings. The van der Waals surface area contributed by atoms with Crippen molar-refractivity contribution in [2.24, 2.45) is 4.99 Å². The minimum atomic E-state index is -0.229. The Kier molecular flexibility index (Phi) is 8.65. The first-order chi connectivity index (χ1) is 13.2. The Hall–Kier alpha value is -1.92. The second-order valence-corrected chi connectivity index (χ2v) is 6.95. The van der Waals surface area contributed by atoms with E-state index in [2.05, 4.69) is 28.0 Å². The van der Waals surface area contributed by atoms with Crippen LogP contribution in [0.4, 0.5) is 10.1 Å². The van der Waals surface area contributed by atoms with Crippen molar-refractivity contribution < 1.29 is 9.50 Å². The van der Waals surface area contributed by atoms with Crippen LogP contribution in [-0.2, 0) is 6.42 Å². The van der Waals surface area contributed by atoms with Crippen LogP contribution in [0.1, 0.15) is 11.1 Å². The van der Waals surface area contributed by atoms with Gasteiger partial charge in [0.1, 0.15) is 11.7 Å². The van der Waals surface area contributed by atoms with Crippen LogP contribution in [0.5, 0.6) is 0 Å². The first-order valence-electron chi connectivity index (χ1n) is 9.46. The van der Waals surface area contributed by atoms with Crippen LogP contribution in [0, 0.1) is 5.82 Å². The topological polar surface area (TPSA) is 39.1 Å². The van der Waals surface area contributed by atoms with E-state index in [0.717, 1.165) is 55.3 Å². The number of allylic oxidation sites excluding steroid dienone is 1. The molecular weight excluding hydrogens is 412 g/mol. The maximum Gasteiger partial charge on any atom is 0.136 e.